The molecule has 2 heterocycles. The third-order valence-corrected chi connectivity index (χ3v) is 3.91. The number of ether oxygens (including phenoxy) is 1. The summed E-state index contributed by atoms with van der Waals surface area (Å²) in [4.78, 5) is 12.4. The van der Waals surface area contributed by atoms with Crippen molar-refractivity contribution >= 4 is 5.78 Å². The van der Waals surface area contributed by atoms with Gasteiger partial charge < -0.3 is 10.5 Å². The van der Waals surface area contributed by atoms with Crippen LogP contribution in [0.15, 0.2) is 36.7 Å². The molecule has 0 fully saturated rings. The van der Waals surface area contributed by atoms with Crippen LogP contribution >= 0.6 is 0 Å². The van der Waals surface area contributed by atoms with E-state index in [2.05, 4.69) is 11.2 Å². The minimum atomic E-state index is -0.642. The third kappa shape index (κ3) is 2.89. The van der Waals surface area contributed by atoms with E-state index in [0.29, 0.717) is 13.0 Å². The number of Topliss-reactive ketones (excluding diaryl/α,β-unsaturated/α-hetero) is 1. The zero-order chi connectivity index (χ0) is 14.8. The minimum Gasteiger partial charge on any atom is -0.373 e. The average Bonchev–Trinajstić information content (AvgIpc) is 2.93. The topological polar surface area (TPSA) is 70.1 Å². The van der Waals surface area contributed by atoms with Crippen molar-refractivity contribution in [3.8, 4) is 0 Å². The quantitative estimate of drug-likeness (QED) is 0.928. The Bertz CT molecular complexity index is 650. The molecule has 110 valence electrons. The molecular formula is C16H19N3O2. The lowest BCUT2D eigenvalue weighted by Crippen LogP contribution is -2.26. The summed E-state index contributed by atoms with van der Waals surface area (Å²) < 4.78 is 7.42. The fraction of sp³-hybridized carbons (Fsp3) is 0.375. The maximum atomic E-state index is 12.4. The summed E-state index contributed by atoms with van der Waals surface area (Å²) in [7, 11) is 1.81. The number of rotatable bonds is 4. The lowest BCUT2D eigenvalue weighted by atomic mass is 9.92. The third-order valence-electron chi connectivity index (χ3n) is 3.91. The first-order valence-corrected chi connectivity index (χ1v) is 7.11. The molecule has 0 saturated heterocycles. The number of carbonyl (C=O) groups excluding carboxylic acids is 1. The number of aryl methyl sites for hydroxylation is 1. The molecule has 3 rings (SSSR count). The van der Waals surface area contributed by atoms with Crippen molar-refractivity contribution < 1.29 is 9.53 Å². The van der Waals surface area contributed by atoms with E-state index in [0.717, 1.165) is 17.5 Å². The average molecular weight is 285 g/mol. The molecule has 2 N–H and O–H groups in total. The van der Waals surface area contributed by atoms with E-state index in [1.54, 1.807) is 24.1 Å². The highest BCUT2D eigenvalue weighted by Crippen LogP contribution is 2.31. The van der Waals surface area contributed by atoms with Crippen molar-refractivity contribution in [2.45, 2.75) is 25.0 Å². The number of hydrogen-bond acceptors (Lipinski definition) is 4. The van der Waals surface area contributed by atoms with Crippen LogP contribution in [0, 0.1) is 0 Å². The van der Waals surface area contributed by atoms with E-state index in [1.165, 1.54) is 5.56 Å². The zero-order valence-corrected chi connectivity index (χ0v) is 12.0. The van der Waals surface area contributed by atoms with E-state index in [9.17, 15) is 4.79 Å². The Hall–Kier alpha value is -1.98. The van der Waals surface area contributed by atoms with Crippen LogP contribution < -0.4 is 5.73 Å². The van der Waals surface area contributed by atoms with Gasteiger partial charge in [0.15, 0.2) is 5.78 Å². The second-order valence-corrected chi connectivity index (χ2v) is 5.40. The fourth-order valence-corrected chi connectivity index (χ4v) is 2.74. The molecule has 0 saturated carbocycles. The summed E-state index contributed by atoms with van der Waals surface area (Å²) in [5, 5.41) is 4.06. The molecule has 2 atom stereocenters. The first-order valence-electron chi connectivity index (χ1n) is 7.11. The number of benzene rings is 1. The molecule has 0 amide bonds. The molecule has 1 aliphatic rings. The van der Waals surface area contributed by atoms with Gasteiger partial charge in [0.05, 0.1) is 24.9 Å². The summed E-state index contributed by atoms with van der Waals surface area (Å²) in [6.45, 7) is 0.650. The number of fused-ring (bicyclic) bond motifs is 1. The van der Waals surface area contributed by atoms with Crippen molar-refractivity contribution in [1.82, 2.24) is 9.78 Å². The SMILES string of the molecule is Cn1cc(C(N)C(=O)CC2OCCc3ccccc32)cn1. The molecule has 2 aromatic rings. The van der Waals surface area contributed by atoms with E-state index in [1.807, 2.05) is 18.2 Å². The van der Waals surface area contributed by atoms with Crippen LogP contribution in [0.5, 0.6) is 0 Å². The van der Waals surface area contributed by atoms with Gasteiger partial charge in [0.1, 0.15) is 0 Å². The lowest BCUT2D eigenvalue weighted by Gasteiger charge is -2.26. The highest BCUT2D eigenvalue weighted by atomic mass is 16.5. The molecule has 1 aromatic heterocycles. The van der Waals surface area contributed by atoms with Crippen LogP contribution in [0.4, 0.5) is 0 Å². The maximum Gasteiger partial charge on any atom is 0.157 e. The number of aromatic nitrogens is 2. The number of ketones is 1. The monoisotopic (exact) mass is 285 g/mol. The van der Waals surface area contributed by atoms with Gasteiger partial charge in [0.2, 0.25) is 0 Å². The molecule has 5 heteroatoms. The summed E-state index contributed by atoms with van der Waals surface area (Å²) in [5.41, 5.74) is 9.14. The van der Waals surface area contributed by atoms with Crippen molar-refractivity contribution in [2.24, 2.45) is 12.8 Å². The lowest BCUT2D eigenvalue weighted by molar-refractivity contribution is -0.123. The van der Waals surface area contributed by atoms with Crippen LogP contribution in [0.25, 0.3) is 0 Å². The van der Waals surface area contributed by atoms with Crippen molar-refractivity contribution in [2.75, 3.05) is 6.61 Å². The van der Waals surface area contributed by atoms with Gasteiger partial charge in [-0.1, -0.05) is 24.3 Å². The highest BCUT2D eigenvalue weighted by molar-refractivity contribution is 5.85. The summed E-state index contributed by atoms with van der Waals surface area (Å²) in [6, 6.07) is 7.48. The molecule has 0 aliphatic carbocycles. The first kappa shape index (κ1) is 14.0. The van der Waals surface area contributed by atoms with Gasteiger partial charge in [-0.15, -0.1) is 0 Å². The predicted molar refractivity (Wildman–Crippen MR) is 78.6 cm³/mol. The molecule has 0 radical (unpaired) electrons. The molecule has 1 aromatic carbocycles. The smallest absolute Gasteiger partial charge is 0.157 e. The Labute approximate surface area is 123 Å². The second kappa shape index (κ2) is 5.79. The van der Waals surface area contributed by atoms with Gasteiger partial charge in [0, 0.05) is 25.2 Å². The van der Waals surface area contributed by atoms with Gasteiger partial charge in [0.25, 0.3) is 0 Å². The number of hydrogen-bond donors (Lipinski definition) is 1. The maximum absolute atomic E-state index is 12.4. The van der Waals surface area contributed by atoms with Gasteiger partial charge in [-0.25, -0.2) is 0 Å². The van der Waals surface area contributed by atoms with Crippen LogP contribution in [0.2, 0.25) is 0 Å². The van der Waals surface area contributed by atoms with Gasteiger partial charge >= 0.3 is 0 Å². The summed E-state index contributed by atoms with van der Waals surface area (Å²) >= 11 is 0. The van der Waals surface area contributed by atoms with Gasteiger partial charge in [-0.3, -0.25) is 9.48 Å². The van der Waals surface area contributed by atoms with Crippen LogP contribution in [-0.2, 0) is 23.0 Å². The second-order valence-electron chi connectivity index (χ2n) is 5.40. The molecule has 0 spiro atoms. The van der Waals surface area contributed by atoms with Crippen molar-refractivity contribution in [3.63, 3.8) is 0 Å². The molecular weight excluding hydrogens is 266 g/mol. The summed E-state index contributed by atoms with van der Waals surface area (Å²) in [5.74, 6) is -0.0234. The van der Waals surface area contributed by atoms with Crippen molar-refractivity contribution in [1.29, 1.82) is 0 Å². The van der Waals surface area contributed by atoms with Crippen LogP contribution in [0.1, 0.15) is 35.3 Å². The predicted octanol–water partition coefficient (Wildman–Crippen LogP) is 1.69. The Morgan fingerprint density at radius 3 is 3.10 bits per heavy atom. The molecule has 1 aliphatic heterocycles. The van der Waals surface area contributed by atoms with E-state index in [4.69, 9.17) is 10.5 Å². The fourth-order valence-electron chi connectivity index (χ4n) is 2.74. The number of nitrogens with zero attached hydrogens (tertiary/aromatic N) is 2. The highest BCUT2D eigenvalue weighted by Gasteiger charge is 2.26. The Kier molecular flexibility index (Phi) is 3.86. The normalized spacial score (nSPS) is 19.0. The van der Waals surface area contributed by atoms with Crippen LogP contribution in [0.3, 0.4) is 0 Å². The molecule has 2 unspecified atom stereocenters. The zero-order valence-electron chi connectivity index (χ0n) is 12.0. The van der Waals surface area contributed by atoms with Crippen molar-refractivity contribution in [3.05, 3.63) is 53.3 Å². The summed E-state index contributed by atoms with van der Waals surface area (Å²) in [6.07, 6.45) is 4.42. The van der Waals surface area contributed by atoms with Crippen LogP contribution in [-0.4, -0.2) is 22.2 Å². The standard InChI is InChI=1S/C16H19N3O2/c1-19-10-12(9-18-19)16(17)14(20)8-15-13-5-3-2-4-11(13)6-7-21-15/h2-5,9-10,15-16H,6-8,17H2,1H3. The molecule has 5 nitrogen and oxygen atoms in total. The van der Waals surface area contributed by atoms with Gasteiger partial charge in [-0.2, -0.15) is 5.10 Å². The number of carbonyl (C=O) groups is 1. The van der Waals surface area contributed by atoms with E-state index in [-0.39, 0.29) is 11.9 Å². The van der Waals surface area contributed by atoms with E-state index >= 15 is 0 Å². The Morgan fingerprint density at radius 2 is 2.33 bits per heavy atom. The Balaban J connectivity index is 1.74. The first-order chi connectivity index (χ1) is 10.1. The molecule has 0 bridgehead atoms. The van der Waals surface area contributed by atoms with E-state index < -0.39 is 6.04 Å². The Morgan fingerprint density at radius 1 is 1.52 bits per heavy atom. The number of nitrogens with two attached hydrogens (primary N) is 1. The largest absolute Gasteiger partial charge is 0.373 e. The minimum absolute atomic E-state index is 0.0234. The van der Waals surface area contributed by atoms with Gasteiger partial charge in [-0.05, 0) is 17.5 Å². The molecule has 21 heavy (non-hydrogen) atoms.